The molecule has 41 heavy (non-hydrogen) atoms. The maximum atomic E-state index is 14.4. The van der Waals surface area contributed by atoms with Gasteiger partial charge < -0.3 is 25.0 Å². The number of ether oxygens (including phenoxy) is 1. The van der Waals surface area contributed by atoms with Gasteiger partial charge in [-0.3, -0.25) is 4.90 Å². The second-order valence-electron chi connectivity index (χ2n) is 12.4. The van der Waals surface area contributed by atoms with Gasteiger partial charge in [0, 0.05) is 71.8 Å². The van der Waals surface area contributed by atoms with Crippen LogP contribution in [0.2, 0.25) is 0 Å². The van der Waals surface area contributed by atoms with Crippen LogP contribution in [0.15, 0.2) is 42.5 Å². The molecule has 4 aromatic rings. The first-order valence-electron chi connectivity index (χ1n) is 14.8. The third kappa shape index (κ3) is 4.13. The number of phenols is 1. The van der Waals surface area contributed by atoms with Gasteiger partial charge in [-0.05, 0) is 61.9 Å². The van der Waals surface area contributed by atoms with E-state index < -0.39 is 6.17 Å². The molecule has 0 amide bonds. The molecule has 2 aromatic carbocycles. The summed E-state index contributed by atoms with van der Waals surface area (Å²) in [6.45, 7) is 3.65. The van der Waals surface area contributed by atoms with Gasteiger partial charge in [0.1, 0.15) is 24.3 Å². The van der Waals surface area contributed by atoms with E-state index in [1.807, 2.05) is 24.3 Å². The maximum Gasteiger partial charge on any atom is 0.217 e. The van der Waals surface area contributed by atoms with Crippen molar-refractivity contribution in [3.8, 4) is 35.2 Å². The van der Waals surface area contributed by atoms with Gasteiger partial charge >= 0.3 is 0 Å². The van der Waals surface area contributed by atoms with E-state index in [0.717, 1.165) is 76.8 Å². The lowest BCUT2D eigenvalue weighted by molar-refractivity contribution is 0.111. The first-order valence-corrected chi connectivity index (χ1v) is 14.8. The summed E-state index contributed by atoms with van der Waals surface area (Å²) in [6, 6.07) is 14.3. The van der Waals surface area contributed by atoms with Crippen molar-refractivity contribution in [3.05, 3.63) is 48.0 Å². The number of benzene rings is 2. The number of hydrogen-bond acceptors (Lipinski definition) is 6. The van der Waals surface area contributed by atoms with Gasteiger partial charge in [0.2, 0.25) is 5.88 Å². The van der Waals surface area contributed by atoms with Crippen molar-refractivity contribution in [2.24, 2.45) is 0 Å². The Balaban J connectivity index is 1.23. The van der Waals surface area contributed by atoms with Gasteiger partial charge in [-0.15, -0.1) is 6.42 Å². The second kappa shape index (κ2) is 9.37. The van der Waals surface area contributed by atoms with Crippen LogP contribution in [-0.4, -0.2) is 76.6 Å². The molecule has 4 aliphatic heterocycles. The molecule has 6 heterocycles. The summed E-state index contributed by atoms with van der Waals surface area (Å²) in [5.41, 5.74) is 3.16. The summed E-state index contributed by atoms with van der Waals surface area (Å²) in [7, 11) is 0. The first kappa shape index (κ1) is 25.0. The Morgan fingerprint density at radius 2 is 2.00 bits per heavy atom. The van der Waals surface area contributed by atoms with Crippen molar-refractivity contribution in [1.29, 1.82) is 0 Å². The van der Waals surface area contributed by atoms with Crippen LogP contribution in [0, 0.1) is 12.3 Å². The Bertz CT molecular complexity index is 1700. The summed E-state index contributed by atoms with van der Waals surface area (Å²) in [5, 5.41) is 17.1. The van der Waals surface area contributed by atoms with Gasteiger partial charge in [0.25, 0.3) is 0 Å². The molecule has 2 aromatic heterocycles. The SMILES string of the molecule is C#Cc1cccc2cc(O)cc(-c3cc4c(N5CC6CCC(C5)N6)nc(OC[C@@]56CCCN5C[C@H](F)C6)cc4[nH]3)c12. The van der Waals surface area contributed by atoms with E-state index in [1.165, 1.54) is 12.8 Å². The number of pyridine rings is 1. The molecule has 4 atom stereocenters. The topological polar surface area (TPSA) is 76.7 Å². The zero-order chi connectivity index (χ0) is 27.7. The smallest absolute Gasteiger partial charge is 0.217 e. The standard InChI is InChI=1S/C33H34FN5O2/c1-2-20-5-3-6-21-11-25(40)12-26(31(20)21)28-13-27-29(36-28)14-30(37-32(27)38-17-23-7-8-24(18-38)35-23)41-19-33-9-4-10-39(33)16-22(34)15-33/h1,3,5-6,11-14,22-24,35-36,40H,4,7-10,15-19H2/t22-,23?,24?,33+/m1/s1. The Kier molecular flexibility index (Phi) is 5.70. The van der Waals surface area contributed by atoms with E-state index in [4.69, 9.17) is 16.1 Å². The van der Waals surface area contributed by atoms with Crippen molar-refractivity contribution in [3.63, 3.8) is 0 Å². The number of anilines is 1. The number of aromatic nitrogens is 2. The average molecular weight is 552 g/mol. The molecule has 210 valence electrons. The van der Waals surface area contributed by atoms with Crippen LogP contribution in [-0.2, 0) is 0 Å². The molecule has 7 nitrogen and oxygen atoms in total. The zero-order valence-corrected chi connectivity index (χ0v) is 23.0. The Labute approximate surface area is 238 Å². The first-order chi connectivity index (χ1) is 20.0. The fraction of sp³-hybridized carbons (Fsp3) is 0.424. The van der Waals surface area contributed by atoms with Crippen LogP contribution in [0.4, 0.5) is 10.2 Å². The lowest BCUT2D eigenvalue weighted by Gasteiger charge is -2.34. The fourth-order valence-electron chi connectivity index (χ4n) is 7.92. The predicted molar refractivity (Wildman–Crippen MR) is 159 cm³/mol. The summed E-state index contributed by atoms with van der Waals surface area (Å²) < 4.78 is 20.9. The molecule has 3 N–H and O–H groups in total. The number of H-pyrrole nitrogens is 1. The van der Waals surface area contributed by atoms with Crippen LogP contribution in [0.5, 0.6) is 11.6 Å². The summed E-state index contributed by atoms with van der Waals surface area (Å²) in [4.78, 5) is 13.4. The minimum Gasteiger partial charge on any atom is -0.508 e. The molecule has 4 fully saturated rings. The highest BCUT2D eigenvalue weighted by Gasteiger charge is 2.49. The van der Waals surface area contributed by atoms with Gasteiger partial charge in [-0.2, -0.15) is 4.98 Å². The lowest BCUT2D eigenvalue weighted by Crippen LogP contribution is -2.51. The number of nitrogens with zero attached hydrogens (tertiary/aromatic N) is 3. The van der Waals surface area contributed by atoms with Crippen LogP contribution in [0.3, 0.4) is 0 Å². The lowest BCUT2D eigenvalue weighted by atomic mass is 9.95. The third-order valence-corrected chi connectivity index (χ3v) is 9.75. The number of terminal acetylenes is 1. The fourth-order valence-corrected chi connectivity index (χ4v) is 7.92. The van der Waals surface area contributed by atoms with Crippen molar-refractivity contribution in [1.82, 2.24) is 20.2 Å². The molecule has 0 aliphatic carbocycles. The van der Waals surface area contributed by atoms with E-state index in [1.54, 1.807) is 12.1 Å². The average Bonchev–Trinajstić information content (AvgIpc) is 3.72. The number of piperazine rings is 1. The number of aromatic hydroxyl groups is 1. The van der Waals surface area contributed by atoms with Crippen molar-refractivity contribution in [2.45, 2.75) is 55.9 Å². The minimum atomic E-state index is -0.794. The molecule has 0 spiro atoms. The minimum absolute atomic E-state index is 0.185. The van der Waals surface area contributed by atoms with Gasteiger partial charge in [-0.25, -0.2) is 4.39 Å². The molecule has 8 heteroatoms. The van der Waals surface area contributed by atoms with Crippen molar-refractivity contribution >= 4 is 27.5 Å². The van der Waals surface area contributed by atoms with Crippen LogP contribution < -0.4 is 15.0 Å². The van der Waals surface area contributed by atoms with Crippen LogP contribution in [0.25, 0.3) is 32.9 Å². The Hall–Kier alpha value is -3.80. The normalized spacial score (nSPS) is 27.5. The van der Waals surface area contributed by atoms with E-state index in [2.05, 4.69) is 32.1 Å². The molecule has 2 unspecified atom stereocenters. The maximum absolute atomic E-state index is 14.4. The number of alkyl halides is 1. The predicted octanol–water partition coefficient (Wildman–Crippen LogP) is 4.97. The van der Waals surface area contributed by atoms with Gasteiger partial charge in [0.05, 0.1) is 11.1 Å². The monoisotopic (exact) mass is 551 g/mol. The van der Waals surface area contributed by atoms with E-state index >= 15 is 0 Å². The molecule has 4 saturated heterocycles. The van der Waals surface area contributed by atoms with Crippen LogP contribution in [0.1, 0.15) is 37.7 Å². The third-order valence-electron chi connectivity index (χ3n) is 9.75. The summed E-state index contributed by atoms with van der Waals surface area (Å²) in [5.74, 6) is 4.45. The quantitative estimate of drug-likeness (QED) is 0.304. The highest BCUT2D eigenvalue weighted by Crippen LogP contribution is 2.42. The Morgan fingerprint density at radius 3 is 2.83 bits per heavy atom. The molecular formula is C33H34FN5O2. The number of fused-ring (bicyclic) bond motifs is 5. The molecule has 4 aliphatic rings. The largest absolute Gasteiger partial charge is 0.508 e. The van der Waals surface area contributed by atoms with Gasteiger partial charge in [0.15, 0.2) is 0 Å². The molecule has 2 bridgehead atoms. The summed E-state index contributed by atoms with van der Waals surface area (Å²) >= 11 is 0. The number of halogens is 1. The van der Waals surface area contributed by atoms with E-state index in [-0.39, 0.29) is 11.3 Å². The van der Waals surface area contributed by atoms with Crippen molar-refractivity contribution in [2.75, 3.05) is 37.7 Å². The number of phenolic OH excluding ortho intramolecular Hbond substituents is 1. The number of hydrogen-bond donors (Lipinski definition) is 3. The number of rotatable bonds is 5. The zero-order valence-electron chi connectivity index (χ0n) is 23.0. The molecule has 0 saturated carbocycles. The number of nitrogens with one attached hydrogen (secondary N) is 2. The second-order valence-corrected chi connectivity index (χ2v) is 12.4. The number of aromatic amines is 1. The van der Waals surface area contributed by atoms with Crippen molar-refractivity contribution < 1.29 is 14.2 Å². The Morgan fingerprint density at radius 1 is 1.15 bits per heavy atom. The molecular weight excluding hydrogens is 517 g/mol. The van der Waals surface area contributed by atoms with Gasteiger partial charge in [-0.1, -0.05) is 18.1 Å². The molecule has 8 rings (SSSR count). The highest BCUT2D eigenvalue weighted by atomic mass is 19.1. The van der Waals surface area contributed by atoms with E-state index in [9.17, 15) is 9.50 Å². The highest BCUT2D eigenvalue weighted by molar-refractivity contribution is 6.04. The molecule has 0 radical (unpaired) electrons. The summed E-state index contributed by atoms with van der Waals surface area (Å²) in [6.07, 6.45) is 10.0. The van der Waals surface area contributed by atoms with Crippen LogP contribution >= 0.6 is 0 Å². The van der Waals surface area contributed by atoms with E-state index in [0.29, 0.717) is 37.5 Å².